The maximum Gasteiger partial charge on any atom is 0.230 e. The van der Waals surface area contributed by atoms with Gasteiger partial charge in [0.1, 0.15) is 0 Å². The van der Waals surface area contributed by atoms with Gasteiger partial charge in [0.15, 0.2) is 0 Å². The Morgan fingerprint density at radius 2 is 2.15 bits per heavy atom. The average molecular weight is 295 g/mol. The van der Waals surface area contributed by atoms with E-state index in [4.69, 9.17) is 11.6 Å². The number of amides is 1. The van der Waals surface area contributed by atoms with Crippen molar-refractivity contribution < 1.29 is 4.79 Å². The highest BCUT2D eigenvalue weighted by molar-refractivity contribution is 6.30. The summed E-state index contributed by atoms with van der Waals surface area (Å²) >= 11 is 6.07. The first-order valence-electron chi connectivity index (χ1n) is 7.16. The highest BCUT2D eigenvalue weighted by atomic mass is 35.5. The lowest BCUT2D eigenvalue weighted by Gasteiger charge is -2.41. The summed E-state index contributed by atoms with van der Waals surface area (Å²) in [5.41, 5.74) is 0.683. The van der Waals surface area contributed by atoms with E-state index in [2.05, 4.69) is 17.1 Å². The quantitative estimate of drug-likeness (QED) is 0.906. The van der Waals surface area contributed by atoms with Crippen LogP contribution in [-0.4, -0.2) is 37.5 Å². The zero-order chi connectivity index (χ0) is 14.8. The molecule has 0 saturated heterocycles. The fraction of sp³-hybridized carbons (Fsp3) is 0.562. The van der Waals surface area contributed by atoms with E-state index in [1.54, 1.807) is 0 Å². The number of benzene rings is 1. The molecule has 1 aliphatic rings. The SMILES string of the molecule is C[C@@H](CNC(=O)C1(c2cccc(Cl)c2)CCC1)N(C)C. The first-order chi connectivity index (χ1) is 9.45. The van der Waals surface area contributed by atoms with Gasteiger partial charge in [0.2, 0.25) is 5.91 Å². The standard InChI is InChI=1S/C16H23ClN2O/c1-12(19(2)3)11-18-15(20)16(8-5-9-16)13-6-4-7-14(17)10-13/h4,6-7,10,12H,5,8-9,11H2,1-3H3,(H,18,20)/t12-/m0/s1. The van der Waals surface area contributed by atoms with E-state index in [0.29, 0.717) is 17.6 Å². The van der Waals surface area contributed by atoms with Crippen LogP contribution in [0.25, 0.3) is 0 Å². The van der Waals surface area contributed by atoms with E-state index in [-0.39, 0.29) is 11.3 Å². The van der Waals surface area contributed by atoms with Crippen LogP contribution in [0.15, 0.2) is 24.3 Å². The lowest BCUT2D eigenvalue weighted by molar-refractivity contribution is -0.130. The molecule has 1 aromatic carbocycles. The molecule has 0 bridgehead atoms. The first kappa shape index (κ1) is 15.3. The van der Waals surface area contributed by atoms with E-state index in [9.17, 15) is 4.79 Å². The second-order valence-electron chi connectivity index (χ2n) is 5.97. The Kier molecular flexibility index (Phi) is 4.71. The fourth-order valence-corrected chi connectivity index (χ4v) is 2.75. The van der Waals surface area contributed by atoms with Crippen molar-refractivity contribution in [1.82, 2.24) is 10.2 Å². The maximum atomic E-state index is 12.6. The van der Waals surface area contributed by atoms with Crippen molar-refractivity contribution in [3.05, 3.63) is 34.9 Å². The van der Waals surface area contributed by atoms with E-state index in [1.165, 1.54) is 0 Å². The van der Waals surface area contributed by atoms with E-state index in [0.717, 1.165) is 24.8 Å². The molecule has 1 atom stereocenters. The minimum Gasteiger partial charge on any atom is -0.354 e. The molecule has 20 heavy (non-hydrogen) atoms. The van der Waals surface area contributed by atoms with Crippen molar-refractivity contribution in [1.29, 1.82) is 0 Å². The number of hydrogen-bond acceptors (Lipinski definition) is 2. The number of nitrogens with zero attached hydrogens (tertiary/aromatic N) is 1. The van der Waals surface area contributed by atoms with Gasteiger partial charge in [0.25, 0.3) is 0 Å². The number of halogens is 1. The van der Waals surface area contributed by atoms with Crippen molar-refractivity contribution in [2.24, 2.45) is 0 Å². The molecule has 3 nitrogen and oxygen atoms in total. The molecule has 0 heterocycles. The summed E-state index contributed by atoms with van der Waals surface area (Å²) in [4.78, 5) is 14.7. The normalized spacial score (nSPS) is 18.4. The molecule has 1 aliphatic carbocycles. The van der Waals surface area contributed by atoms with Gasteiger partial charge in [-0.2, -0.15) is 0 Å². The Labute approximate surface area is 126 Å². The van der Waals surface area contributed by atoms with Gasteiger partial charge in [-0.1, -0.05) is 30.2 Å². The molecule has 2 rings (SSSR count). The summed E-state index contributed by atoms with van der Waals surface area (Å²) in [5.74, 6) is 0.139. The van der Waals surface area contributed by atoms with Gasteiger partial charge < -0.3 is 10.2 Å². The zero-order valence-corrected chi connectivity index (χ0v) is 13.2. The summed E-state index contributed by atoms with van der Waals surface area (Å²) in [6.45, 7) is 2.78. The molecular formula is C16H23ClN2O. The Morgan fingerprint density at radius 1 is 1.45 bits per heavy atom. The summed E-state index contributed by atoms with van der Waals surface area (Å²) in [7, 11) is 4.04. The highest BCUT2D eigenvalue weighted by Crippen LogP contribution is 2.44. The van der Waals surface area contributed by atoms with Gasteiger partial charge in [0.05, 0.1) is 5.41 Å². The van der Waals surface area contributed by atoms with Crippen LogP contribution in [0.1, 0.15) is 31.7 Å². The average Bonchev–Trinajstić information content (AvgIpc) is 2.34. The van der Waals surface area contributed by atoms with Crippen LogP contribution >= 0.6 is 11.6 Å². The van der Waals surface area contributed by atoms with Crippen LogP contribution in [-0.2, 0) is 10.2 Å². The van der Waals surface area contributed by atoms with Gasteiger partial charge in [0, 0.05) is 17.6 Å². The molecule has 0 unspecified atom stereocenters. The minimum atomic E-state index is -0.364. The second-order valence-corrected chi connectivity index (χ2v) is 6.41. The third-order valence-electron chi connectivity index (χ3n) is 4.46. The topological polar surface area (TPSA) is 32.3 Å². The molecule has 0 aliphatic heterocycles. The molecule has 0 spiro atoms. The third kappa shape index (κ3) is 2.99. The Bertz CT molecular complexity index is 483. The smallest absolute Gasteiger partial charge is 0.230 e. The number of carbonyl (C=O) groups is 1. The van der Waals surface area contributed by atoms with Crippen LogP contribution < -0.4 is 5.32 Å². The monoisotopic (exact) mass is 294 g/mol. The molecule has 1 fully saturated rings. The number of nitrogens with one attached hydrogen (secondary N) is 1. The maximum absolute atomic E-state index is 12.6. The van der Waals surface area contributed by atoms with Crippen LogP contribution in [0.3, 0.4) is 0 Å². The summed E-state index contributed by atoms with van der Waals surface area (Å²) < 4.78 is 0. The lowest BCUT2D eigenvalue weighted by Crippen LogP contribution is -2.51. The molecule has 1 aromatic rings. The van der Waals surface area contributed by atoms with Crippen LogP contribution in [0.4, 0.5) is 0 Å². The molecular weight excluding hydrogens is 272 g/mol. The predicted octanol–water partition coefficient (Wildman–Crippen LogP) is 2.83. The zero-order valence-electron chi connectivity index (χ0n) is 12.4. The molecule has 0 aromatic heterocycles. The van der Waals surface area contributed by atoms with Gasteiger partial charge in [-0.15, -0.1) is 0 Å². The minimum absolute atomic E-state index is 0.139. The largest absolute Gasteiger partial charge is 0.354 e. The number of likely N-dealkylation sites (N-methyl/N-ethyl adjacent to an activating group) is 1. The summed E-state index contributed by atoms with van der Waals surface area (Å²) in [5, 5.41) is 3.80. The summed E-state index contributed by atoms with van der Waals surface area (Å²) in [6.07, 6.45) is 2.92. The van der Waals surface area contributed by atoms with E-state index >= 15 is 0 Å². The number of hydrogen-bond donors (Lipinski definition) is 1. The predicted molar refractivity (Wildman–Crippen MR) is 83.1 cm³/mol. The van der Waals surface area contributed by atoms with Gasteiger partial charge in [-0.05, 0) is 51.6 Å². The van der Waals surface area contributed by atoms with Crippen molar-refractivity contribution in [3.8, 4) is 0 Å². The molecule has 110 valence electrons. The first-order valence-corrected chi connectivity index (χ1v) is 7.54. The van der Waals surface area contributed by atoms with Crippen LogP contribution in [0, 0.1) is 0 Å². The summed E-state index contributed by atoms with van der Waals surface area (Å²) in [6, 6.07) is 8.04. The fourth-order valence-electron chi connectivity index (χ4n) is 2.56. The molecule has 0 radical (unpaired) electrons. The Balaban J connectivity index is 2.09. The Morgan fingerprint density at radius 3 is 2.65 bits per heavy atom. The number of rotatable bonds is 5. The van der Waals surface area contributed by atoms with E-state index < -0.39 is 0 Å². The third-order valence-corrected chi connectivity index (χ3v) is 4.69. The molecule has 1 N–H and O–H groups in total. The van der Waals surface area contributed by atoms with Crippen molar-refractivity contribution >= 4 is 17.5 Å². The van der Waals surface area contributed by atoms with Crippen LogP contribution in [0.5, 0.6) is 0 Å². The van der Waals surface area contributed by atoms with Gasteiger partial charge in [-0.25, -0.2) is 0 Å². The van der Waals surface area contributed by atoms with Crippen molar-refractivity contribution in [3.63, 3.8) is 0 Å². The molecule has 1 saturated carbocycles. The van der Waals surface area contributed by atoms with Gasteiger partial charge >= 0.3 is 0 Å². The van der Waals surface area contributed by atoms with Crippen LogP contribution in [0.2, 0.25) is 5.02 Å². The molecule has 1 amide bonds. The second kappa shape index (κ2) is 6.15. The van der Waals surface area contributed by atoms with E-state index in [1.807, 2.05) is 38.4 Å². The van der Waals surface area contributed by atoms with Crippen molar-refractivity contribution in [2.75, 3.05) is 20.6 Å². The van der Waals surface area contributed by atoms with Crippen molar-refractivity contribution in [2.45, 2.75) is 37.6 Å². The molecule has 4 heteroatoms. The highest BCUT2D eigenvalue weighted by Gasteiger charge is 2.45. The Hall–Kier alpha value is -1.06. The lowest BCUT2D eigenvalue weighted by atomic mass is 9.64. The number of carbonyl (C=O) groups excluding carboxylic acids is 1. The van der Waals surface area contributed by atoms with Gasteiger partial charge in [-0.3, -0.25) is 4.79 Å².